The summed E-state index contributed by atoms with van der Waals surface area (Å²) >= 11 is 0. The summed E-state index contributed by atoms with van der Waals surface area (Å²) in [4.78, 5) is 10.4. The number of non-ortho nitro benzene ring substituents is 1. The Labute approximate surface area is 121 Å². The fourth-order valence-electron chi connectivity index (χ4n) is 2.19. The normalized spacial score (nSPS) is 10.5. The van der Waals surface area contributed by atoms with Crippen LogP contribution in [0.15, 0.2) is 67.0 Å². The molecule has 0 aliphatic carbocycles. The molecule has 0 atom stereocenters. The van der Waals surface area contributed by atoms with E-state index in [0.29, 0.717) is 6.54 Å². The van der Waals surface area contributed by atoms with E-state index >= 15 is 0 Å². The fourth-order valence-corrected chi connectivity index (χ4v) is 2.19. The van der Waals surface area contributed by atoms with Crippen LogP contribution < -0.4 is 0 Å². The van der Waals surface area contributed by atoms with Crippen molar-refractivity contribution < 1.29 is 4.92 Å². The lowest BCUT2D eigenvalue weighted by atomic mass is 10.1. The summed E-state index contributed by atoms with van der Waals surface area (Å²) in [6, 6.07) is 16.6. The Kier molecular flexibility index (Phi) is 3.47. The van der Waals surface area contributed by atoms with Gasteiger partial charge in [-0.1, -0.05) is 42.5 Å². The Morgan fingerprint density at radius 3 is 2.62 bits per heavy atom. The Morgan fingerprint density at radius 1 is 1.05 bits per heavy atom. The van der Waals surface area contributed by atoms with Crippen LogP contribution >= 0.6 is 0 Å². The zero-order valence-corrected chi connectivity index (χ0v) is 11.2. The molecule has 3 aromatic rings. The van der Waals surface area contributed by atoms with Crippen molar-refractivity contribution in [3.63, 3.8) is 0 Å². The third-order valence-corrected chi connectivity index (χ3v) is 3.21. The molecule has 0 bridgehead atoms. The Morgan fingerprint density at radius 2 is 1.86 bits per heavy atom. The molecule has 1 aromatic heterocycles. The topological polar surface area (TPSA) is 61.0 Å². The highest BCUT2D eigenvalue weighted by Gasteiger charge is 2.07. The van der Waals surface area contributed by atoms with Gasteiger partial charge in [0.2, 0.25) is 0 Å². The number of aromatic nitrogens is 2. The van der Waals surface area contributed by atoms with Gasteiger partial charge in [0.25, 0.3) is 5.69 Å². The van der Waals surface area contributed by atoms with E-state index < -0.39 is 0 Å². The maximum atomic E-state index is 10.8. The quantitative estimate of drug-likeness (QED) is 0.542. The van der Waals surface area contributed by atoms with Crippen molar-refractivity contribution >= 4 is 5.69 Å². The predicted molar refractivity (Wildman–Crippen MR) is 79.9 cm³/mol. The summed E-state index contributed by atoms with van der Waals surface area (Å²) in [5.41, 5.74) is 3.08. The number of rotatable bonds is 4. The summed E-state index contributed by atoms with van der Waals surface area (Å²) < 4.78 is 1.78. The van der Waals surface area contributed by atoms with Crippen LogP contribution in [0, 0.1) is 10.1 Å². The second kappa shape index (κ2) is 5.58. The van der Waals surface area contributed by atoms with Crippen molar-refractivity contribution in [1.29, 1.82) is 0 Å². The summed E-state index contributed by atoms with van der Waals surface area (Å²) in [5.74, 6) is 0. The first-order valence-corrected chi connectivity index (χ1v) is 6.53. The Balaban J connectivity index is 1.82. The van der Waals surface area contributed by atoms with Crippen molar-refractivity contribution in [3.8, 4) is 11.1 Å². The molecular weight excluding hydrogens is 266 g/mol. The average Bonchev–Trinajstić information content (AvgIpc) is 2.97. The molecule has 104 valence electrons. The van der Waals surface area contributed by atoms with Crippen molar-refractivity contribution in [2.45, 2.75) is 6.54 Å². The van der Waals surface area contributed by atoms with E-state index in [0.717, 1.165) is 16.7 Å². The first-order chi connectivity index (χ1) is 10.2. The second-order valence-corrected chi connectivity index (χ2v) is 4.72. The fraction of sp³-hybridized carbons (Fsp3) is 0.0625. The molecule has 0 aliphatic rings. The van der Waals surface area contributed by atoms with Crippen LogP contribution in [-0.2, 0) is 6.54 Å². The lowest BCUT2D eigenvalue weighted by molar-refractivity contribution is -0.384. The summed E-state index contributed by atoms with van der Waals surface area (Å²) in [6.45, 7) is 0.508. The van der Waals surface area contributed by atoms with Crippen LogP contribution in [0.5, 0.6) is 0 Å². The lowest BCUT2D eigenvalue weighted by Crippen LogP contribution is -2.00. The van der Waals surface area contributed by atoms with Gasteiger partial charge in [-0.25, -0.2) is 0 Å². The molecule has 5 heteroatoms. The molecule has 0 aliphatic heterocycles. The molecule has 0 unspecified atom stereocenters. The Hall–Kier alpha value is -2.95. The maximum Gasteiger partial charge on any atom is 0.269 e. The molecule has 5 nitrogen and oxygen atoms in total. The van der Waals surface area contributed by atoms with Crippen LogP contribution in [0.1, 0.15) is 5.56 Å². The third-order valence-electron chi connectivity index (χ3n) is 3.21. The van der Waals surface area contributed by atoms with Gasteiger partial charge >= 0.3 is 0 Å². The second-order valence-electron chi connectivity index (χ2n) is 4.72. The molecule has 0 radical (unpaired) electrons. The van der Waals surface area contributed by atoms with E-state index in [1.807, 2.05) is 42.6 Å². The minimum atomic E-state index is -0.387. The van der Waals surface area contributed by atoms with Crippen molar-refractivity contribution in [2.75, 3.05) is 0 Å². The third kappa shape index (κ3) is 2.97. The molecule has 0 spiro atoms. The molecule has 0 amide bonds. The number of hydrogen-bond donors (Lipinski definition) is 0. The van der Waals surface area contributed by atoms with Crippen LogP contribution in [-0.4, -0.2) is 14.7 Å². The molecule has 0 saturated carbocycles. The SMILES string of the molecule is O=[N+]([O-])c1cccc(Cn2cc(-c3ccccc3)cn2)c1. The molecule has 1 heterocycles. The monoisotopic (exact) mass is 279 g/mol. The number of benzene rings is 2. The lowest BCUT2D eigenvalue weighted by Gasteiger charge is -2.01. The highest BCUT2D eigenvalue weighted by Crippen LogP contribution is 2.19. The highest BCUT2D eigenvalue weighted by atomic mass is 16.6. The van der Waals surface area contributed by atoms with Gasteiger partial charge < -0.3 is 0 Å². The van der Waals surface area contributed by atoms with E-state index in [-0.39, 0.29) is 10.6 Å². The van der Waals surface area contributed by atoms with Crippen LogP contribution in [0.4, 0.5) is 5.69 Å². The molecular formula is C16H13N3O2. The standard InChI is InChI=1S/C16H13N3O2/c20-19(21)16-8-4-5-13(9-16)11-18-12-15(10-17-18)14-6-2-1-3-7-14/h1-10,12H,11H2. The first kappa shape index (κ1) is 13.1. The van der Waals surface area contributed by atoms with E-state index in [2.05, 4.69) is 5.10 Å². The van der Waals surface area contributed by atoms with Crippen molar-refractivity contribution in [1.82, 2.24) is 9.78 Å². The predicted octanol–water partition coefficient (Wildman–Crippen LogP) is 3.51. The summed E-state index contributed by atoms with van der Waals surface area (Å²) in [5, 5.41) is 15.1. The largest absolute Gasteiger partial charge is 0.269 e. The summed E-state index contributed by atoms with van der Waals surface area (Å²) in [6.07, 6.45) is 3.74. The van der Waals surface area contributed by atoms with Gasteiger partial charge in [0.1, 0.15) is 0 Å². The average molecular weight is 279 g/mol. The smallest absolute Gasteiger partial charge is 0.268 e. The number of nitrogens with zero attached hydrogens (tertiary/aromatic N) is 3. The van der Waals surface area contributed by atoms with E-state index in [1.165, 1.54) is 6.07 Å². The van der Waals surface area contributed by atoms with Gasteiger partial charge in [-0.3, -0.25) is 14.8 Å². The first-order valence-electron chi connectivity index (χ1n) is 6.53. The molecule has 0 N–H and O–H groups in total. The number of hydrogen-bond acceptors (Lipinski definition) is 3. The van der Waals surface area contributed by atoms with Crippen LogP contribution in [0.25, 0.3) is 11.1 Å². The maximum absolute atomic E-state index is 10.8. The highest BCUT2D eigenvalue weighted by molar-refractivity contribution is 5.61. The van der Waals surface area contributed by atoms with Crippen LogP contribution in [0.3, 0.4) is 0 Å². The number of nitro benzene ring substituents is 1. The van der Waals surface area contributed by atoms with E-state index in [4.69, 9.17) is 0 Å². The molecule has 3 rings (SSSR count). The minimum absolute atomic E-state index is 0.0999. The molecule has 21 heavy (non-hydrogen) atoms. The Bertz CT molecular complexity index is 766. The van der Waals surface area contributed by atoms with Gasteiger partial charge in [-0.2, -0.15) is 5.10 Å². The zero-order valence-electron chi connectivity index (χ0n) is 11.2. The van der Waals surface area contributed by atoms with Gasteiger partial charge in [-0.15, -0.1) is 0 Å². The zero-order chi connectivity index (χ0) is 14.7. The van der Waals surface area contributed by atoms with E-state index in [9.17, 15) is 10.1 Å². The van der Waals surface area contributed by atoms with Gasteiger partial charge in [0.15, 0.2) is 0 Å². The molecule has 0 saturated heterocycles. The van der Waals surface area contributed by atoms with E-state index in [1.54, 1.807) is 23.0 Å². The van der Waals surface area contributed by atoms with Gasteiger partial charge in [0, 0.05) is 23.9 Å². The van der Waals surface area contributed by atoms with Gasteiger partial charge in [0.05, 0.1) is 17.7 Å². The minimum Gasteiger partial charge on any atom is -0.268 e. The van der Waals surface area contributed by atoms with Crippen molar-refractivity contribution in [3.05, 3.63) is 82.7 Å². The molecule has 2 aromatic carbocycles. The number of nitro groups is 1. The van der Waals surface area contributed by atoms with Crippen LogP contribution in [0.2, 0.25) is 0 Å². The molecule has 0 fully saturated rings. The van der Waals surface area contributed by atoms with Crippen molar-refractivity contribution in [2.24, 2.45) is 0 Å². The van der Waals surface area contributed by atoms with Gasteiger partial charge in [-0.05, 0) is 11.1 Å². The summed E-state index contributed by atoms with van der Waals surface area (Å²) in [7, 11) is 0.